The molecule has 1 spiro atoms. The standard InChI is InChI=1S/C20H28O8/c1-7-4-10(21)15(24)18(3)9(7)5-11-19-6-27-20(26,17(18)19)14(23)8(2)12(19)13(22)16(25)28-11/h8,10-15,17,21-24,26H,4-6H2,1-3H3/t8-,10+,11-,12-,13-,14-,15+,17-,18-,19+,20+/m1/s1. The van der Waals surface area contributed by atoms with Crippen LogP contribution in [0, 0.1) is 28.6 Å². The Morgan fingerprint density at radius 1 is 1.11 bits per heavy atom. The van der Waals surface area contributed by atoms with Gasteiger partial charge in [-0.25, -0.2) is 4.79 Å². The Balaban J connectivity index is 1.81. The lowest BCUT2D eigenvalue weighted by molar-refractivity contribution is -0.330. The second-order valence-electron chi connectivity index (χ2n) is 9.75. The quantitative estimate of drug-likeness (QED) is 0.262. The van der Waals surface area contributed by atoms with E-state index in [2.05, 4.69) is 0 Å². The third-order valence-corrected chi connectivity index (χ3v) is 8.70. The SMILES string of the molecule is CC1=C2C[C@H]3OC(=O)[C@H](O)[C@H]4[C@@H](C)[C@@H](O)[C@]5(O)OC[C@@]43[C@H]5[C@@]2(C)[C@@H](O)[C@@H](O)C1. The van der Waals surface area contributed by atoms with Crippen LogP contribution in [-0.4, -0.2) is 74.4 Å². The first-order chi connectivity index (χ1) is 13.0. The van der Waals surface area contributed by atoms with E-state index >= 15 is 0 Å². The summed E-state index contributed by atoms with van der Waals surface area (Å²) in [4.78, 5) is 12.4. The maximum Gasteiger partial charge on any atom is 0.335 e. The van der Waals surface area contributed by atoms with Gasteiger partial charge in [-0.3, -0.25) is 0 Å². The fourth-order valence-corrected chi connectivity index (χ4v) is 7.67. The molecular formula is C20H28O8. The molecule has 0 aromatic heterocycles. The van der Waals surface area contributed by atoms with E-state index < -0.39 is 70.9 Å². The smallest absolute Gasteiger partial charge is 0.335 e. The van der Waals surface area contributed by atoms with Crippen molar-refractivity contribution in [2.45, 2.75) is 69.9 Å². The van der Waals surface area contributed by atoms with E-state index in [1.54, 1.807) is 13.8 Å². The third kappa shape index (κ3) is 1.77. The van der Waals surface area contributed by atoms with Crippen molar-refractivity contribution in [2.24, 2.45) is 28.6 Å². The van der Waals surface area contributed by atoms with Crippen LogP contribution in [0.15, 0.2) is 11.1 Å². The molecule has 3 aliphatic carbocycles. The maximum absolute atomic E-state index is 12.4. The van der Waals surface area contributed by atoms with Gasteiger partial charge in [0.2, 0.25) is 0 Å². The van der Waals surface area contributed by atoms with Crippen LogP contribution in [0.4, 0.5) is 0 Å². The van der Waals surface area contributed by atoms with Crippen LogP contribution in [0.3, 0.4) is 0 Å². The number of hydrogen-bond donors (Lipinski definition) is 5. The number of ether oxygens (including phenoxy) is 2. The molecule has 28 heavy (non-hydrogen) atoms. The fourth-order valence-electron chi connectivity index (χ4n) is 7.67. The van der Waals surface area contributed by atoms with Crippen LogP contribution < -0.4 is 0 Å². The summed E-state index contributed by atoms with van der Waals surface area (Å²) in [6.45, 7) is 5.34. The van der Waals surface area contributed by atoms with E-state index in [1.165, 1.54) is 0 Å². The monoisotopic (exact) mass is 396 g/mol. The van der Waals surface area contributed by atoms with Gasteiger partial charge >= 0.3 is 5.97 Å². The molecule has 5 aliphatic rings. The van der Waals surface area contributed by atoms with E-state index in [-0.39, 0.29) is 13.0 Å². The number of aliphatic hydroxyl groups excluding tert-OH is 4. The van der Waals surface area contributed by atoms with Crippen molar-refractivity contribution in [2.75, 3.05) is 6.61 Å². The molecule has 5 N–H and O–H groups in total. The summed E-state index contributed by atoms with van der Waals surface area (Å²) < 4.78 is 11.5. The van der Waals surface area contributed by atoms with Crippen LogP contribution in [0.5, 0.6) is 0 Å². The minimum absolute atomic E-state index is 0.0000269. The highest BCUT2D eigenvalue weighted by atomic mass is 16.7. The predicted molar refractivity (Wildman–Crippen MR) is 93.4 cm³/mol. The largest absolute Gasteiger partial charge is 0.459 e. The molecule has 0 aromatic carbocycles. The zero-order valence-corrected chi connectivity index (χ0v) is 16.2. The average molecular weight is 396 g/mol. The van der Waals surface area contributed by atoms with E-state index in [4.69, 9.17) is 9.47 Å². The van der Waals surface area contributed by atoms with Crippen molar-refractivity contribution in [1.82, 2.24) is 0 Å². The summed E-state index contributed by atoms with van der Waals surface area (Å²) >= 11 is 0. The second-order valence-corrected chi connectivity index (χ2v) is 9.75. The van der Waals surface area contributed by atoms with E-state index in [9.17, 15) is 30.3 Å². The molecule has 2 aliphatic heterocycles. The van der Waals surface area contributed by atoms with Gasteiger partial charge in [0.25, 0.3) is 0 Å². The molecular weight excluding hydrogens is 368 g/mol. The Hall–Kier alpha value is -1.03. The molecule has 8 heteroatoms. The Labute approximate surface area is 162 Å². The van der Waals surface area contributed by atoms with E-state index in [0.29, 0.717) is 6.42 Å². The molecule has 2 bridgehead atoms. The maximum atomic E-state index is 12.4. The summed E-state index contributed by atoms with van der Waals surface area (Å²) in [6.07, 6.45) is -5.01. The van der Waals surface area contributed by atoms with Crippen LogP contribution in [0.1, 0.15) is 33.6 Å². The Morgan fingerprint density at radius 2 is 1.79 bits per heavy atom. The summed E-state index contributed by atoms with van der Waals surface area (Å²) in [5.74, 6) is -4.85. The van der Waals surface area contributed by atoms with Crippen LogP contribution in [-0.2, 0) is 14.3 Å². The molecule has 2 saturated heterocycles. The van der Waals surface area contributed by atoms with Gasteiger partial charge in [0, 0.05) is 29.1 Å². The van der Waals surface area contributed by atoms with Gasteiger partial charge in [-0.05, 0) is 19.3 Å². The minimum Gasteiger partial charge on any atom is -0.459 e. The van der Waals surface area contributed by atoms with Crippen molar-refractivity contribution in [3.05, 3.63) is 11.1 Å². The highest BCUT2D eigenvalue weighted by molar-refractivity contribution is 5.77. The van der Waals surface area contributed by atoms with Gasteiger partial charge in [0.1, 0.15) is 12.2 Å². The fraction of sp³-hybridized carbons (Fsp3) is 0.850. The first-order valence-electron chi connectivity index (χ1n) is 9.99. The number of hydrogen-bond acceptors (Lipinski definition) is 8. The predicted octanol–water partition coefficient (Wildman–Crippen LogP) is -0.927. The highest BCUT2D eigenvalue weighted by Gasteiger charge is 2.82. The molecule has 0 unspecified atom stereocenters. The Bertz CT molecular complexity index is 780. The molecule has 0 radical (unpaired) electrons. The normalized spacial score (nSPS) is 60.2. The molecule has 5 rings (SSSR count). The van der Waals surface area contributed by atoms with Gasteiger partial charge in [-0.1, -0.05) is 25.0 Å². The zero-order chi connectivity index (χ0) is 20.4. The van der Waals surface area contributed by atoms with Crippen molar-refractivity contribution < 1.29 is 39.8 Å². The second kappa shape index (κ2) is 5.36. The topological polar surface area (TPSA) is 137 Å². The highest BCUT2D eigenvalue weighted by Crippen LogP contribution is 2.73. The summed E-state index contributed by atoms with van der Waals surface area (Å²) in [6, 6.07) is 0. The number of rotatable bonds is 0. The lowest BCUT2D eigenvalue weighted by Gasteiger charge is -2.67. The Morgan fingerprint density at radius 3 is 2.46 bits per heavy atom. The van der Waals surface area contributed by atoms with Gasteiger partial charge in [0.05, 0.1) is 18.8 Å². The van der Waals surface area contributed by atoms with E-state index in [1.807, 2.05) is 6.92 Å². The summed E-state index contributed by atoms with van der Waals surface area (Å²) in [5, 5.41) is 54.9. The van der Waals surface area contributed by atoms with Crippen molar-refractivity contribution in [3.8, 4) is 0 Å². The molecule has 8 nitrogen and oxygen atoms in total. The number of fused-ring (bicyclic) bond motifs is 1. The average Bonchev–Trinajstić information content (AvgIpc) is 2.92. The summed E-state index contributed by atoms with van der Waals surface area (Å²) in [7, 11) is 0. The van der Waals surface area contributed by atoms with Gasteiger partial charge in [-0.2, -0.15) is 0 Å². The van der Waals surface area contributed by atoms with Gasteiger partial charge in [0.15, 0.2) is 11.9 Å². The molecule has 0 aromatic rings. The van der Waals surface area contributed by atoms with Gasteiger partial charge in [-0.15, -0.1) is 0 Å². The Kier molecular flexibility index (Phi) is 3.63. The van der Waals surface area contributed by atoms with Crippen molar-refractivity contribution >= 4 is 5.97 Å². The molecule has 0 amide bonds. The van der Waals surface area contributed by atoms with Crippen molar-refractivity contribution in [3.63, 3.8) is 0 Å². The van der Waals surface area contributed by atoms with E-state index in [0.717, 1.165) is 11.1 Å². The van der Waals surface area contributed by atoms with Crippen LogP contribution in [0.2, 0.25) is 0 Å². The molecule has 156 valence electrons. The summed E-state index contributed by atoms with van der Waals surface area (Å²) in [5.41, 5.74) is -0.349. The molecule has 4 fully saturated rings. The lowest BCUT2D eigenvalue weighted by Crippen LogP contribution is -2.76. The van der Waals surface area contributed by atoms with Crippen molar-refractivity contribution in [1.29, 1.82) is 0 Å². The molecule has 11 atom stereocenters. The first-order valence-corrected chi connectivity index (χ1v) is 9.99. The molecule has 2 heterocycles. The minimum atomic E-state index is -1.98. The number of esters is 1. The lowest BCUT2D eigenvalue weighted by atomic mass is 9.39. The number of carbonyl (C=O) groups is 1. The van der Waals surface area contributed by atoms with Crippen LogP contribution >= 0.6 is 0 Å². The van der Waals surface area contributed by atoms with Crippen LogP contribution in [0.25, 0.3) is 0 Å². The molecule has 2 saturated carbocycles. The van der Waals surface area contributed by atoms with Gasteiger partial charge < -0.3 is 35.0 Å². The third-order valence-electron chi connectivity index (χ3n) is 8.70. The first kappa shape index (κ1) is 19.0. The number of aliphatic hydroxyl groups is 5. The zero-order valence-electron chi connectivity index (χ0n) is 16.2. The number of carbonyl (C=O) groups excluding carboxylic acids is 1.